The number of nitrogens with two attached hydrogens (primary N) is 1. The second-order valence-corrected chi connectivity index (χ2v) is 4.40. The van der Waals surface area contributed by atoms with Crippen LogP contribution in [0.1, 0.15) is 5.56 Å². The van der Waals surface area contributed by atoms with E-state index in [1.807, 2.05) is 12.1 Å². The van der Waals surface area contributed by atoms with Gasteiger partial charge in [0, 0.05) is 11.6 Å². The van der Waals surface area contributed by atoms with Crippen LogP contribution in [0.5, 0.6) is 11.5 Å². The molecule has 3 nitrogen and oxygen atoms in total. The van der Waals surface area contributed by atoms with Gasteiger partial charge in [-0.15, -0.1) is 0 Å². The van der Waals surface area contributed by atoms with Gasteiger partial charge in [-0.25, -0.2) is 0 Å². The Morgan fingerprint density at radius 3 is 2.94 bits per heavy atom. The summed E-state index contributed by atoms with van der Waals surface area (Å²) in [5.74, 6) is 1.82. The molecule has 1 aliphatic heterocycles. The van der Waals surface area contributed by atoms with E-state index in [0.717, 1.165) is 17.9 Å². The van der Waals surface area contributed by atoms with Crippen LogP contribution in [-0.4, -0.2) is 19.8 Å². The largest absolute Gasteiger partial charge is 0.497 e. The molecule has 2 N–H and O–H groups in total. The van der Waals surface area contributed by atoms with Gasteiger partial charge in [0.2, 0.25) is 0 Å². The van der Waals surface area contributed by atoms with Crippen molar-refractivity contribution >= 4 is 10.8 Å². The third-order valence-electron chi connectivity index (χ3n) is 3.22. The maximum absolute atomic E-state index is 5.95. The number of hydrogen-bond donors (Lipinski definition) is 1. The van der Waals surface area contributed by atoms with E-state index >= 15 is 0 Å². The molecule has 0 radical (unpaired) electrons. The summed E-state index contributed by atoms with van der Waals surface area (Å²) in [5.41, 5.74) is 7.15. The van der Waals surface area contributed by atoms with E-state index in [4.69, 9.17) is 15.2 Å². The summed E-state index contributed by atoms with van der Waals surface area (Å²) in [6.07, 6.45) is 0.861. The third kappa shape index (κ3) is 1.72. The number of fused-ring (bicyclic) bond motifs is 3. The highest BCUT2D eigenvalue weighted by molar-refractivity contribution is 5.89. The average molecular weight is 229 g/mol. The van der Waals surface area contributed by atoms with Crippen LogP contribution in [0, 0.1) is 0 Å². The SMILES string of the molecule is COc1ccc2ccc3c(c2c1)CC(N)CO3. The minimum atomic E-state index is 0.0827. The fraction of sp³-hybridized carbons (Fsp3) is 0.286. The zero-order valence-electron chi connectivity index (χ0n) is 9.77. The van der Waals surface area contributed by atoms with E-state index in [-0.39, 0.29) is 6.04 Å². The topological polar surface area (TPSA) is 44.5 Å². The summed E-state index contributed by atoms with van der Waals surface area (Å²) >= 11 is 0. The van der Waals surface area contributed by atoms with E-state index in [0.29, 0.717) is 6.61 Å². The summed E-state index contributed by atoms with van der Waals surface area (Å²) in [5, 5.41) is 2.37. The van der Waals surface area contributed by atoms with Crippen molar-refractivity contribution in [1.29, 1.82) is 0 Å². The van der Waals surface area contributed by atoms with Crippen molar-refractivity contribution < 1.29 is 9.47 Å². The maximum Gasteiger partial charge on any atom is 0.123 e. The Labute approximate surface area is 100 Å². The Balaban J connectivity index is 2.24. The van der Waals surface area contributed by atoms with Crippen molar-refractivity contribution in [3.63, 3.8) is 0 Å². The summed E-state index contributed by atoms with van der Waals surface area (Å²) in [7, 11) is 1.68. The van der Waals surface area contributed by atoms with E-state index in [2.05, 4.69) is 18.2 Å². The number of ether oxygens (including phenoxy) is 2. The molecule has 0 aromatic heterocycles. The number of benzene rings is 2. The van der Waals surface area contributed by atoms with Crippen LogP contribution in [0.2, 0.25) is 0 Å². The van der Waals surface area contributed by atoms with Gasteiger partial charge in [0.05, 0.1) is 7.11 Å². The molecule has 0 saturated carbocycles. The Hall–Kier alpha value is -1.74. The first kappa shape index (κ1) is 10.4. The first-order chi connectivity index (χ1) is 8.28. The van der Waals surface area contributed by atoms with Crippen LogP contribution < -0.4 is 15.2 Å². The summed E-state index contributed by atoms with van der Waals surface area (Å²) in [6, 6.07) is 10.3. The molecule has 0 saturated heterocycles. The van der Waals surface area contributed by atoms with Gasteiger partial charge in [-0.05, 0) is 35.4 Å². The van der Waals surface area contributed by atoms with E-state index in [1.165, 1.54) is 16.3 Å². The normalized spacial score (nSPS) is 18.6. The highest BCUT2D eigenvalue weighted by Gasteiger charge is 2.18. The molecule has 2 aromatic rings. The van der Waals surface area contributed by atoms with Crippen LogP contribution in [0.4, 0.5) is 0 Å². The highest BCUT2D eigenvalue weighted by atomic mass is 16.5. The lowest BCUT2D eigenvalue weighted by Gasteiger charge is -2.23. The van der Waals surface area contributed by atoms with Crippen molar-refractivity contribution in [3.05, 3.63) is 35.9 Å². The van der Waals surface area contributed by atoms with Crippen LogP contribution >= 0.6 is 0 Å². The molecule has 3 heteroatoms. The van der Waals surface area contributed by atoms with Gasteiger partial charge in [-0.1, -0.05) is 12.1 Å². The molecule has 88 valence electrons. The van der Waals surface area contributed by atoms with Gasteiger partial charge in [-0.2, -0.15) is 0 Å². The lowest BCUT2D eigenvalue weighted by molar-refractivity contribution is 0.264. The van der Waals surface area contributed by atoms with E-state index < -0.39 is 0 Å². The molecule has 0 fully saturated rings. The lowest BCUT2D eigenvalue weighted by atomic mass is 9.96. The molecular weight excluding hydrogens is 214 g/mol. The fourth-order valence-electron chi connectivity index (χ4n) is 2.33. The average Bonchev–Trinajstić information content (AvgIpc) is 2.38. The summed E-state index contributed by atoms with van der Waals surface area (Å²) < 4.78 is 10.9. The molecule has 1 heterocycles. The maximum atomic E-state index is 5.95. The molecule has 3 rings (SSSR count). The lowest BCUT2D eigenvalue weighted by Crippen LogP contribution is -2.33. The molecule has 0 amide bonds. The minimum Gasteiger partial charge on any atom is -0.497 e. The highest BCUT2D eigenvalue weighted by Crippen LogP contribution is 2.33. The first-order valence-corrected chi connectivity index (χ1v) is 5.76. The Kier molecular flexibility index (Phi) is 2.41. The van der Waals surface area contributed by atoms with E-state index in [9.17, 15) is 0 Å². The summed E-state index contributed by atoms with van der Waals surface area (Å²) in [6.45, 7) is 0.600. The fourth-order valence-corrected chi connectivity index (χ4v) is 2.33. The molecule has 1 unspecified atom stereocenters. The van der Waals surface area contributed by atoms with Crippen molar-refractivity contribution in [1.82, 2.24) is 0 Å². The number of methoxy groups -OCH3 is 1. The van der Waals surface area contributed by atoms with Gasteiger partial charge in [0.25, 0.3) is 0 Å². The molecular formula is C14H15NO2. The third-order valence-corrected chi connectivity index (χ3v) is 3.22. The number of hydrogen-bond acceptors (Lipinski definition) is 3. The molecule has 1 atom stereocenters. The van der Waals surface area contributed by atoms with Gasteiger partial charge >= 0.3 is 0 Å². The van der Waals surface area contributed by atoms with Crippen LogP contribution in [0.25, 0.3) is 10.8 Å². The van der Waals surface area contributed by atoms with Crippen LogP contribution in [0.15, 0.2) is 30.3 Å². The van der Waals surface area contributed by atoms with E-state index in [1.54, 1.807) is 7.11 Å². The van der Waals surface area contributed by atoms with Gasteiger partial charge in [0.15, 0.2) is 0 Å². The molecule has 1 aliphatic rings. The minimum absolute atomic E-state index is 0.0827. The predicted molar refractivity (Wildman–Crippen MR) is 67.7 cm³/mol. The van der Waals surface area contributed by atoms with Crippen molar-refractivity contribution in [2.24, 2.45) is 5.73 Å². The molecule has 2 aromatic carbocycles. The van der Waals surface area contributed by atoms with Crippen LogP contribution in [0.3, 0.4) is 0 Å². The van der Waals surface area contributed by atoms with Crippen LogP contribution in [-0.2, 0) is 6.42 Å². The van der Waals surface area contributed by atoms with Crippen molar-refractivity contribution in [2.75, 3.05) is 13.7 Å². The monoisotopic (exact) mass is 229 g/mol. The second kappa shape index (κ2) is 3.93. The molecule has 0 spiro atoms. The smallest absolute Gasteiger partial charge is 0.123 e. The van der Waals surface area contributed by atoms with Gasteiger partial charge < -0.3 is 15.2 Å². The van der Waals surface area contributed by atoms with Crippen molar-refractivity contribution in [2.45, 2.75) is 12.5 Å². The zero-order valence-corrected chi connectivity index (χ0v) is 9.77. The quantitative estimate of drug-likeness (QED) is 0.814. The first-order valence-electron chi connectivity index (χ1n) is 5.76. The standard InChI is InChI=1S/C14H15NO2/c1-16-11-4-2-9-3-5-14-13(12(9)7-11)6-10(15)8-17-14/h2-5,7,10H,6,8,15H2,1H3. The second-order valence-electron chi connectivity index (χ2n) is 4.40. The van der Waals surface area contributed by atoms with Gasteiger partial charge in [0.1, 0.15) is 18.1 Å². The molecule has 0 bridgehead atoms. The van der Waals surface area contributed by atoms with Gasteiger partial charge in [-0.3, -0.25) is 0 Å². The summed E-state index contributed by atoms with van der Waals surface area (Å²) in [4.78, 5) is 0. The Morgan fingerprint density at radius 1 is 1.29 bits per heavy atom. The molecule has 0 aliphatic carbocycles. The van der Waals surface area contributed by atoms with Crippen molar-refractivity contribution in [3.8, 4) is 11.5 Å². The molecule has 17 heavy (non-hydrogen) atoms. The number of rotatable bonds is 1. The Bertz CT molecular complexity index is 560. The predicted octanol–water partition coefficient (Wildman–Crippen LogP) is 2.11. The Morgan fingerprint density at radius 2 is 2.12 bits per heavy atom. The zero-order chi connectivity index (χ0) is 11.8.